The van der Waals surface area contributed by atoms with Gasteiger partial charge in [-0.15, -0.1) is 0 Å². The lowest BCUT2D eigenvalue weighted by Crippen LogP contribution is -2.30. The number of methoxy groups -OCH3 is 2. The van der Waals surface area contributed by atoms with Crippen molar-refractivity contribution in [2.75, 3.05) is 51.5 Å². The van der Waals surface area contributed by atoms with Gasteiger partial charge in [-0.05, 0) is 44.0 Å². The molecule has 1 aliphatic carbocycles. The first-order valence-corrected chi connectivity index (χ1v) is 13.8. The van der Waals surface area contributed by atoms with Gasteiger partial charge in [-0.25, -0.2) is 9.97 Å². The number of nitrogens with zero attached hydrogens (tertiary/aromatic N) is 3. The number of aromatic nitrogens is 2. The molecule has 1 saturated heterocycles. The number of ether oxygens (including phenoxy) is 2. The number of likely N-dealkylation sites (N-methyl/N-ethyl adjacent to an activating group) is 1. The average molecular weight is 571 g/mol. The molecule has 1 saturated carbocycles. The number of hydrogen-bond donors (Lipinski definition) is 2. The van der Waals surface area contributed by atoms with Gasteiger partial charge in [-0.3, -0.25) is 4.79 Å². The van der Waals surface area contributed by atoms with E-state index < -0.39 is 0 Å². The van der Waals surface area contributed by atoms with E-state index in [-0.39, 0.29) is 17.7 Å². The van der Waals surface area contributed by atoms with Gasteiger partial charge in [0.05, 0.1) is 30.0 Å². The van der Waals surface area contributed by atoms with E-state index in [1.54, 1.807) is 20.3 Å². The number of nitrogens with one attached hydrogen (secondary N) is 2. The Bertz CT molecular complexity index is 1380. The SMILES string of the molecule is C=CC(=O)C[C@H]1CN(C)C[C@H]1Nc1cc2c(NCC3CC3)nc(-c3c(Cl)c(OC)cc(OC)c3Cl)cc2cn1. The molecule has 2 atom stereocenters. The fourth-order valence-corrected chi connectivity index (χ4v) is 5.84. The summed E-state index contributed by atoms with van der Waals surface area (Å²) in [5.41, 5.74) is 1.13. The number of carbonyl (C=O) groups is 1. The third-order valence-corrected chi connectivity index (χ3v) is 8.20. The maximum atomic E-state index is 12.1. The number of halogens is 2. The van der Waals surface area contributed by atoms with Crippen molar-refractivity contribution in [3.8, 4) is 22.8 Å². The number of allylic oxidation sites excluding steroid dienone is 1. The van der Waals surface area contributed by atoms with Crippen LogP contribution in [0.3, 0.4) is 0 Å². The molecule has 39 heavy (non-hydrogen) atoms. The highest BCUT2D eigenvalue weighted by molar-refractivity contribution is 6.41. The van der Waals surface area contributed by atoms with Crippen molar-refractivity contribution in [1.82, 2.24) is 14.9 Å². The van der Waals surface area contributed by atoms with Gasteiger partial charge >= 0.3 is 0 Å². The van der Waals surface area contributed by atoms with Crippen molar-refractivity contribution in [2.24, 2.45) is 11.8 Å². The lowest BCUT2D eigenvalue weighted by molar-refractivity contribution is -0.115. The smallest absolute Gasteiger partial charge is 0.155 e. The second-order valence-electron chi connectivity index (χ2n) is 10.4. The topological polar surface area (TPSA) is 88.6 Å². The quantitative estimate of drug-likeness (QED) is 0.275. The Balaban J connectivity index is 1.54. The van der Waals surface area contributed by atoms with Crippen LogP contribution in [0.4, 0.5) is 11.6 Å². The number of ketones is 1. The van der Waals surface area contributed by atoms with Crippen molar-refractivity contribution in [3.05, 3.63) is 47.1 Å². The zero-order chi connectivity index (χ0) is 27.7. The van der Waals surface area contributed by atoms with Gasteiger partial charge in [-0.1, -0.05) is 29.8 Å². The Morgan fingerprint density at radius 3 is 2.51 bits per heavy atom. The first kappa shape index (κ1) is 27.5. The number of hydrogen-bond acceptors (Lipinski definition) is 8. The molecule has 0 amide bonds. The first-order valence-electron chi connectivity index (χ1n) is 13.1. The minimum Gasteiger partial charge on any atom is -0.495 e. The molecule has 3 heterocycles. The van der Waals surface area contributed by atoms with Gasteiger partial charge in [0.25, 0.3) is 0 Å². The van der Waals surface area contributed by atoms with E-state index in [2.05, 4.69) is 29.2 Å². The molecule has 10 heteroatoms. The standard InChI is InChI=1S/C29H33Cl2N5O3/c1-5-19(37)8-18-14-36(2)15-22(18)34-25-10-20-17(13-32-25)9-21(35-29(20)33-12-16-6-7-16)26-27(30)23(38-3)11-24(39-4)28(26)31/h5,9-11,13,16,18,22H,1,6-8,12,14-15H2,2-4H3,(H,32,34)(H,33,35)/t18-,22+/m0/s1. The van der Waals surface area contributed by atoms with Crippen LogP contribution in [0.25, 0.3) is 22.0 Å². The van der Waals surface area contributed by atoms with E-state index >= 15 is 0 Å². The summed E-state index contributed by atoms with van der Waals surface area (Å²) in [6, 6.07) is 5.70. The maximum absolute atomic E-state index is 12.1. The molecule has 2 aliphatic rings. The molecule has 1 aromatic carbocycles. The summed E-state index contributed by atoms with van der Waals surface area (Å²) < 4.78 is 10.9. The van der Waals surface area contributed by atoms with E-state index in [1.165, 1.54) is 18.9 Å². The van der Waals surface area contributed by atoms with Crippen LogP contribution < -0.4 is 20.1 Å². The zero-order valence-electron chi connectivity index (χ0n) is 22.4. The van der Waals surface area contributed by atoms with Crippen LogP contribution in [0.5, 0.6) is 11.5 Å². The van der Waals surface area contributed by atoms with Crippen LogP contribution in [0.1, 0.15) is 19.3 Å². The molecular formula is C29H33Cl2N5O3. The summed E-state index contributed by atoms with van der Waals surface area (Å²) in [6.07, 6.45) is 6.12. The average Bonchev–Trinajstić information content (AvgIpc) is 3.69. The predicted molar refractivity (Wildman–Crippen MR) is 158 cm³/mol. The molecule has 5 rings (SSSR count). The van der Waals surface area contributed by atoms with E-state index in [4.69, 9.17) is 42.6 Å². The largest absolute Gasteiger partial charge is 0.495 e. The fourth-order valence-electron chi connectivity index (χ4n) is 5.15. The van der Waals surface area contributed by atoms with Crippen LogP contribution in [-0.2, 0) is 4.79 Å². The van der Waals surface area contributed by atoms with Gasteiger partial charge < -0.3 is 25.0 Å². The number of rotatable bonds is 11. The molecule has 1 aliphatic heterocycles. The second-order valence-corrected chi connectivity index (χ2v) is 11.1. The molecule has 206 valence electrons. The van der Waals surface area contributed by atoms with Gasteiger partial charge in [0, 0.05) is 66.6 Å². The Hall–Kier alpha value is -3.07. The van der Waals surface area contributed by atoms with Crippen molar-refractivity contribution >= 4 is 51.4 Å². The minimum atomic E-state index is 0.0587. The van der Waals surface area contributed by atoms with Crippen molar-refractivity contribution < 1.29 is 14.3 Å². The highest BCUT2D eigenvalue weighted by atomic mass is 35.5. The molecule has 0 unspecified atom stereocenters. The third-order valence-electron chi connectivity index (χ3n) is 7.45. The van der Waals surface area contributed by atoms with Gasteiger partial charge in [-0.2, -0.15) is 0 Å². The lowest BCUT2D eigenvalue weighted by Gasteiger charge is -2.20. The number of pyridine rings is 2. The highest BCUT2D eigenvalue weighted by Crippen LogP contribution is 2.46. The monoisotopic (exact) mass is 569 g/mol. The predicted octanol–water partition coefficient (Wildman–Crippen LogP) is 5.93. The summed E-state index contributed by atoms with van der Waals surface area (Å²) in [4.78, 5) is 24.0. The third kappa shape index (κ3) is 5.93. The second kappa shape index (κ2) is 11.6. The van der Waals surface area contributed by atoms with Crippen molar-refractivity contribution in [2.45, 2.75) is 25.3 Å². The number of likely N-dealkylation sites (tertiary alicyclic amines) is 1. The number of anilines is 2. The Kier molecular flexibility index (Phi) is 8.16. The molecule has 0 bridgehead atoms. The van der Waals surface area contributed by atoms with Gasteiger partial charge in [0.15, 0.2) is 5.78 Å². The lowest BCUT2D eigenvalue weighted by atomic mass is 9.97. The molecular weight excluding hydrogens is 537 g/mol. The molecule has 3 aromatic rings. The number of fused-ring (bicyclic) bond motifs is 1. The van der Waals surface area contributed by atoms with E-state index in [9.17, 15) is 4.79 Å². The molecule has 2 N–H and O–H groups in total. The zero-order valence-corrected chi connectivity index (χ0v) is 23.9. The Morgan fingerprint density at radius 2 is 1.87 bits per heavy atom. The van der Waals surface area contributed by atoms with Gasteiger partial charge in [0.1, 0.15) is 23.1 Å². The Labute approximate surface area is 238 Å². The van der Waals surface area contributed by atoms with E-state index in [0.717, 1.165) is 42.0 Å². The molecule has 8 nitrogen and oxygen atoms in total. The summed E-state index contributed by atoms with van der Waals surface area (Å²) in [6.45, 7) is 6.13. The van der Waals surface area contributed by atoms with E-state index in [0.29, 0.717) is 45.1 Å². The highest BCUT2D eigenvalue weighted by Gasteiger charge is 2.32. The molecule has 0 radical (unpaired) electrons. The van der Waals surface area contributed by atoms with Gasteiger partial charge in [0.2, 0.25) is 0 Å². The fraction of sp³-hybridized carbons (Fsp3) is 0.414. The first-order chi connectivity index (χ1) is 18.8. The van der Waals surface area contributed by atoms with Crippen LogP contribution in [0.2, 0.25) is 10.0 Å². The maximum Gasteiger partial charge on any atom is 0.155 e. The minimum absolute atomic E-state index is 0.0587. The van der Waals surface area contributed by atoms with Crippen LogP contribution in [0, 0.1) is 11.8 Å². The van der Waals surface area contributed by atoms with Crippen LogP contribution in [-0.4, -0.2) is 67.6 Å². The summed E-state index contributed by atoms with van der Waals surface area (Å²) in [7, 11) is 5.16. The molecule has 2 fully saturated rings. The molecule has 2 aromatic heterocycles. The molecule has 0 spiro atoms. The van der Waals surface area contributed by atoms with Crippen LogP contribution in [0.15, 0.2) is 37.1 Å². The Morgan fingerprint density at radius 1 is 1.15 bits per heavy atom. The van der Waals surface area contributed by atoms with Crippen LogP contribution >= 0.6 is 23.2 Å². The summed E-state index contributed by atoms with van der Waals surface area (Å²) in [5, 5.41) is 9.66. The van der Waals surface area contributed by atoms with Crippen molar-refractivity contribution in [3.63, 3.8) is 0 Å². The van der Waals surface area contributed by atoms with Crippen molar-refractivity contribution in [1.29, 1.82) is 0 Å². The van der Waals surface area contributed by atoms with E-state index in [1.807, 2.05) is 18.3 Å². The number of benzene rings is 1. The normalized spacial score (nSPS) is 19.2. The number of carbonyl (C=O) groups excluding carboxylic acids is 1. The summed E-state index contributed by atoms with van der Waals surface area (Å²) in [5.74, 6) is 3.25. The summed E-state index contributed by atoms with van der Waals surface area (Å²) >= 11 is 13.5.